The number of likely N-dealkylation sites (tertiary alicyclic amines) is 1. The normalized spacial score (nSPS) is 16.3. The Kier molecular flexibility index (Phi) is 6.53. The van der Waals surface area contributed by atoms with Gasteiger partial charge in [0, 0.05) is 31.8 Å². The number of hydrogen-bond donors (Lipinski definition) is 1. The number of nitrogens with one attached hydrogen (secondary N) is 1. The second-order valence-electron chi connectivity index (χ2n) is 6.70. The topological polar surface area (TPSA) is 72.9 Å². The Morgan fingerprint density at radius 1 is 1.20 bits per heavy atom. The molecule has 1 aromatic carbocycles. The van der Waals surface area contributed by atoms with Crippen molar-refractivity contribution in [3.8, 4) is 17.4 Å². The summed E-state index contributed by atoms with van der Waals surface area (Å²) in [5.41, 5.74) is 0.0104. The average molecular weight is 425 g/mol. The predicted octanol–water partition coefficient (Wildman–Crippen LogP) is 3.48. The van der Waals surface area contributed by atoms with Crippen LogP contribution in [0.1, 0.15) is 17.5 Å². The number of benzene rings is 1. The van der Waals surface area contributed by atoms with Gasteiger partial charge < -0.3 is 24.4 Å². The lowest BCUT2D eigenvalue weighted by Gasteiger charge is -2.18. The molecule has 3 rings (SSSR count). The molecule has 0 spiro atoms. The minimum atomic E-state index is -4.47. The SMILES string of the molecule is COc1ccc(CNC(=O)N2CCC(Oc3cc(C(F)(F)F)ccn3)C2)cc1OC. The Labute approximate surface area is 171 Å². The second kappa shape index (κ2) is 9.10. The molecule has 1 unspecified atom stereocenters. The third-order valence-electron chi connectivity index (χ3n) is 4.67. The van der Waals surface area contributed by atoms with E-state index in [9.17, 15) is 18.0 Å². The Hall–Kier alpha value is -3.17. The van der Waals surface area contributed by atoms with Gasteiger partial charge in [0.25, 0.3) is 0 Å². The number of amides is 2. The molecule has 2 heterocycles. The van der Waals surface area contributed by atoms with E-state index in [2.05, 4.69) is 10.3 Å². The molecule has 2 aromatic rings. The predicted molar refractivity (Wildman–Crippen MR) is 102 cm³/mol. The molecular weight excluding hydrogens is 403 g/mol. The fourth-order valence-corrected chi connectivity index (χ4v) is 3.11. The highest BCUT2D eigenvalue weighted by atomic mass is 19.4. The van der Waals surface area contributed by atoms with Crippen LogP contribution in [0, 0.1) is 0 Å². The van der Waals surface area contributed by atoms with Gasteiger partial charge in [-0.1, -0.05) is 6.07 Å². The molecule has 0 bridgehead atoms. The largest absolute Gasteiger partial charge is 0.493 e. The van der Waals surface area contributed by atoms with Crippen LogP contribution in [0.5, 0.6) is 17.4 Å². The van der Waals surface area contributed by atoms with Crippen LogP contribution in [0.2, 0.25) is 0 Å². The molecule has 0 saturated carbocycles. The molecule has 30 heavy (non-hydrogen) atoms. The smallest absolute Gasteiger partial charge is 0.416 e. The van der Waals surface area contributed by atoms with Crippen molar-refractivity contribution in [1.82, 2.24) is 15.2 Å². The van der Waals surface area contributed by atoms with E-state index in [1.165, 1.54) is 7.11 Å². The van der Waals surface area contributed by atoms with E-state index in [0.29, 0.717) is 24.5 Å². The summed E-state index contributed by atoms with van der Waals surface area (Å²) in [6.07, 6.45) is -3.33. The minimum Gasteiger partial charge on any atom is -0.493 e. The van der Waals surface area contributed by atoms with Gasteiger partial charge in [0.1, 0.15) is 6.10 Å². The van der Waals surface area contributed by atoms with Gasteiger partial charge in [-0.3, -0.25) is 0 Å². The maximum Gasteiger partial charge on any atom is 0.416 e. The van der Waals surface area contributed by atoms with E-state index in [4.69, 9.17) is 14.2 Å². The van der Waals surface area contributed by atoms with Crippen molar-refractivity contribution in [2.24, 2.45) is 0 Å². The summed E-state index contributed by atoms with van der Waals surface area (Å²) in [7, 11) is 3.07. The van der Waals surface area contributed by atoms with Crippen LogP contribution < -0.4 is 19.5 Å². The molecule has 1 saturated heterocycles. The van der Waals surface area contributed by atoms with Crippen molar-refractivity contribution in [3.63, 3.8) is 0 Å². The van der Waals surface area contributed by atoms with Crippen molar-refractivity contribution in [2.75, 3.05) is 27.3 Å². The molecule has 162 valence electrons. The fourth-order valence-electron chi connectivity index (χ4n) is 3.11. The minimum absolute atomic E-state index is 0.109. The van der Waals surface area contributed by atoms with Crippen molar-refractivity contribution >= 4 is 6.03 Å². The molecule has 1 fully saturated rings. The van der Waals surface area contributed by atoms with Gasteiger partial charge in [0.05, 0.1) is 26.3 Å². The molecular formula is C20H22F3N3O4. The van der Waals surface area contributed by atoms with Gasteiger partial charge in [-0.25, -0.2) is 9.78 Å². The van der Waals surface area contributed by atoms with Crippen molar-refractivity contribution in [1.29, 1.82) is 0 Å². The van der Waals surface area contributed by atoms with Gasteiger partial charge in [0.15, 0.2) is 11.5 Å². The van der Waals surface area contributed by atoms with Gasteiger partial charge in [-0.15, -0.1) is 0 Å². The summed E-state index contributed by atoms with van der Waals surface area (Å²) >= 11 is 0. The standard InChI is InChI=1S/C20H22F3N3O4/c1-28-16-4-3-13(9-17(16)29-2)11-25-19(27)26-8-6-15(12-26)30-18-10-14(5-7-24-18)20(21,22)23/h3-5,7,9-10,15H,6,8,11-12H2,1-2H3,(H,25,27). The number of halogens is 3. The van der Waals surface area contributed by atoms with Crippen LogP contribution in [-0.4, -0.2) is 49.3 Å². The van der Waals surface area contributed by atoms with Crippen molar-refractivity contribution in [3.05, 3.63) is 47.7 Å². The highest BCUT2D eigenvalue weighted by Crippen LogP contribution is 2.31. The molecule has 1 aromatic heterocycles. The first-order valence-electron chi connectivity index (χ1n) is 9.23. The number of methoxy groups -OCH3 is 2. The van der Waals surface area contributed by atoms with E-state index in [0.717, 1.165) is 23.9 Å². The lowest BCUT2D eigenvalue weighted by atomic mass is 10.2. The number of alkyl halides is 3. The summed E-state index contributed by atoms with van der Waals surface area (Å²) in [6.45, 7) is 0.980. The number of aromatic nitrogens is 1. The fraction of sp³-hybridized carbons (Fsp3) is 0.400. The van der Waals surface area contributed by atoms with E-state index in [1.54, 1.807) is 24.1 Å². The summed E-state index contributed by atoms with van der Waals surface area (Å²) in [5.74, 6) is 1.05. The lowest BCUT2D eigenvalue weighted by Crippen LogP contribution is -2.39. The first kappa shape index (κ1) is 21.5. The maximum absolute atomic E-state index is 12.8. The van der Waals surface area contributed by atoms with Crippen molar-refractivity contribution < 1.29 is 32.2 Å². The van der Waals surface area contributed by atoms with E-state index < -0.39 is 17.8 Å². The van der Waals surface area contributed by atoms with Crippen molar-refractivity contribution in [2.45, 2.75) is 25.2 Å². The first-order chi connectivity index (χ1) is 14.3. The number of hydrogen-bond acceptors (Lipinski definition) is 5. The number of nitrogens with zero attached hydrogens (tertiary/aromatic N) is 2. The number of urea groups is 1. The summed E-state index contributed by atoms with van der Waals surface area (Å²) in [6, 6.07) is 6.80. The second-order valence-corrected chi connectivity index (χ2v) is 6.70. The number of rotatable bonds is 6. The summed E-state index contributed by atoms with van der Waals surface area (Å²) < 4.78 is 54.4. The number of pyridine rings is 1. The van der Waals surface area contributed by atoms with E-state index in [-0.39, 0.29) is 25.0 Å². The van der Waals surface area contributed by atoms with Crippen LogP contribution in [0.4, 0.5) is 18.0 Å². The molecule has 1 aliphatic rings. The molecule has 1 atom stereocenters. The zero-order chi connectivity index (χ0) is 21.7. The van der Waals surface area contributed by atoms with Gasteiger partial charge >= 0.3 is 12.2 Å². The average Bonchev–Trinajstić information content (AvgIpc) is 3.20. The number of carbonyl (C=O) groups excluding carboxylic acids is 1. The number of carbonyl (C=O) groups is 1. The molecule has 1 N–H and O–H groups in total. The third-order valence-corrected chi connectivity index (χ3v) is 4.67. The van der Waals surface area contributed by atoms with Crippen LogP contribution >= 0.6 is 0 Å². The lowest BCUT2D eigenvalue weighted by molar-refractivity contribution is -0.137. The van der Waals surface area contributed by atoms with Crippen LogP contribution in [0.3, 0.4) is 0 Å². The zero-order valence-electron chi connectivity index (χ0n) is 16.5. The molecule has 7 nitrogen and oxygen atoms in total. The van der Waals surface area contributed by atoms with Crippen LogP contribution in [0.25, 0.3) is 0 Å². The highest BCUT2D eigenvalue weighted by molar-refractivity contribution is 5.74. The Morgan fingerprint density at radius 3 is 2.67 bits per heavy atom. The van der Waals surface area contributed by atoms with Crippen LogP contribution in [0.15, 0.2) is 36.5 Å². The van der Waals surface area contributed by atoms with Gasteiger partial charge in [-0.2, -0.15) is 13.2 Å². The quantitative estimate of drug-likeness (QED) is 0.767. The highest BCUT2D eigenvalue weighted by Gasteiger charge is 2.32. The van der Waals surface area contributed by atoms with Gasteiger partial charge in [0.2, 0.25) is 5.88 Å². The summed E-state index contributed by atoms with van der Waals surface area (Å²) in [5, 5.41) is 2.81. The van der Waals surface area contributed by atoms with E-state index in [1.807, 2.05) is 6.07 Å². The number of ether oxygens (including phenoxy) is 3. The molecule has 2 amide bonds. The first-order valence-corrected chi connectivity index (χ1v) is 9.23. The van der Waals surface area contributed by atoms with Gasteiger partial charge in [-0.05, 0) is 23.8 Å². The molecule has 0 radical (unpaired) electrons. The molecule has 10 heteroatoms. The maximum atomic E-state index is 12.8. The summed E-state index contributed by atoms with van der Waals surface area (Å²) in [4.78, 5) is 17.8. The van der Waals surface area contributed by atoms with E-state index >= 15 is 0 Å². The van der Waals surface area contributed by atoms with Crippen LogP contribution in [-0.2, 0) is 12.7 Å². The zero-order valence-corrected chi connectivity index (χ0v) is 16.5. The molecule has 0 aliphatic carbocycles. The Bertz CT molecular complexity index is 892. The molecule has 1 aliphatic heterocycles. The Balaban J connectivity index is 1.52. The third kappa shape index (κ3) is 5.25. The Morgan fingerprint density at radius 2 is 1.97 bits per heavy atom. The monoisotopic (exact) mass is 425 g/mol.